The molecule has 5 nitrogen and oxygen atoms in total. The second-order valence-corrected chi connectivity index (χ2v) is 6.40. The summed E-state index contributed by atoms with van der Waals surface area (Å²) in [4.78, 5) is 25.4. The fourth-order valence-corrected chi connectivity index (χ4v) is 2.85. The summed E-state index contributed by atoms with van der Waals surface area (Å²) in [6, 6.07) is 7.60. The first-order chi connectivity index (χ1) is 11.1. The fraction of sp³-hybridized carbons (Fsp3) is 0.556. The smallest absolute Gasteiger partial charge is 0.253 e. The molecular weight excluding hydrogens is 326 g/mol. The molecule has 1 aromatic carbocycles. The number of hydrogen-bond acceptors (Lipinski definition) is 3. The van der Waals surface area contributed by atoms with Crippen molar-refractivity contribution in [2.75, 3.05) is 33.7 Å². The Bertz CT molecular complexity index is 543. The van der Waals surface area contributed by atoms with E-state index in [4.69, 9.17) is 0 Å². The van der Waals surface area contributed by atoms with E-state index in [0.717, 1.165) is 31.5 Å². The van der Waals surface area contributed by atoms with Crippen LogP contribution < -0.4 is 10.6 Å². The van der Waals surface area contributed by atoms with E-state index >= 15 is 0 Å². The van der Waals surface area contributed by atoms with E-state index in [1.54, 1.807) is 19.0 Å². The molecule has 0 aliphatic carbocycles. The highest BCUT2D eigenvalue weighted by molar-refractivity contribution is 5.94. The van der Waals surface area contributed by atoms with Crippen molar-refractivity contribution in [2.45, 2.75) is 25.7 Å². The van der Waals surface area contributed by atoms with Crippen LogP contribution in [0.5, 0.6) is 0 Å². The van der Waals surface area contributed by atoms with Crippen LogP contribution in [0.3, 0.4) is 0 Å². The van der Waals surface area contributed by atoms with Crippen LogP contribution in [0.4, 0.5) is 0 Å². The number of hydrogen-bond donors (Lipinski definition) is 2. The molecule has 2 amide bonds. The number of rotatable bonds is 7. The van der Waals surface area contributed by atoms with E-state index in [1.807, 2.05) is 24.3 Å². The lowest BCUT2D eigenvalue weighted by atomic mass is 10.0. The van der Waals surface area contributed by atoms with Crippen LogP contribution >= 0.6 is 12.4 Å². The van der Waals surface area contributed by atoms with Gasteiger partial charge < -0.3 is 15.5 Å². The van der Waals surface area contributed by atoms with Crippen molar-refractivity contribution in [2.24, 2.45) is 5.92 Å². The molecule has 1 atom stereocenters. The molecule has 1 aliphatic heterocycles. The molecule has 1 fully saturated rings. The summed E-state index contributed by atoms with van der Waals surface area (Å²) in [6.07, 6.45) is 3.49. The molecule has 2 rings (SSSR count). The molecule has 1 aliphatic rings. The minimum atomic E-state index is 0. The molecule has 2 N–H and O–H groups in total. The van der Waals surface area contributed by atoms with Crippen LogP contribution in [0.1, 0.15) is 35.2 Å². The van der Waals surface area contributed by atoms with Crippen LogP contribution in [-0.2, 0) is 11.2 Å². The van der Waals surface area contributed by atoms with Crippen LogP contribution in [0.2, 0.25) is 0 Å². The van der Waals surface area contributed by atoms with Crippen molar-refractivity contribution in [3.05, 3.63) is 35.4 Å². The number of carbonyl (C=O) groups is 2. The maximum Gasteiger partial charge on any atom is 0.253 e. The van der Waals surface area contributed by atoms with Gasteiger partial charge in [0.2, 0.25) is 5.91 Å². The van der Waals surface area contributed by atoms with Gasteiger partial charge in [0.15, 0.2) is 0 Å². The van der Waals surface area contributed by atoms with Crippen LogP contribution in [0.25, 0.3) is 0 Å². The van der Waals surface area contributed by atoms with Gasteiger partial charge in [-0.05, 0) is 56.0 Å². The van der Waals surface area contributed by atoms with Gasteiger partial charge in [-0.15, -0.1) is 12.4 Å². The molecule has 1 heterocycles. The lowest BCUT2D eigenvalue weighted by molar-refractivity contribution is -0.121. The van der Waals surface area contributed by atoms with E-state index in [9.17, 15) is 9.59 Å². The van der Waals surface area contributed by atoms with Gasteiger partial charge in [-0.25, -0.2) is 0 Å². The third-order valence-corrected chi connectivity index (χ3v) is 4.26. The Morgan fingerprint density at radius 1 is 1.33 bits per heavy atom. The molecule has 0 radical (unpaired) electrons. The maximum absolute atomic E-state index is 11.9. The highest BCUT2D eigenvalue weighted by Gasteiger charge is 2.15. The molecular formula is C18H28ClN3O2. The van der Waals surface area contributed by atoms with Gasteiger partial charge in [0.25, 0.3) is 5.91 Å². The Labute approximate surface area is 150 Å². The minimum absolute atomic E-state index is 0. The Kier molecular flexibility index (Phi) is 8.79. The second-order valence-electron chi connectivity index (χ2n) is 6.40. The van der Waals surface area contributed by atoms with Gasteiger partial charge in [0, 0.05) is 32.6 Å². The molecule has 24 heavy (non-hydrogen) atoms. The number of nitrogens with zero attached hydrogens (tertiary/aromatic N) is 1. The summed E-state index contributed by atoms with van der Waals surface area (Å²) < 4.78 is 0. The summed E-state index contributed by atoms with van der Waals surface area (Å²) in [5, 5.41) is 6.29. The third kappa shape index (κ3) is 6.49. The van der Waals surface area contributed by atoms with Gasteiger partial charge in [-0.3, -0.25) is 9.59 Å². The molecule has 6 heteroatoms. The second kappa shape index (κ2) is 10.3. The van der Waals surface area contributed by atoms with Crippen molar-refractivity contribution in [1.82, 2.24) is 15.5 Å². The number of amides is 2. The summed E-state index contributed by atoms with van der Waals surface area (Å²) in [7, 11) is 3.49. The van der Waals surface area contributed by atoms with Crippen molar-refractivity contribution in [3.63, 3.8) is 0 Å². The monoisotopic (exact) mass is 353 g/mol. The first kappa shape index (κ1) is 20.5. The predicted octanol–water partition coefficient (Wildman–Crippen LogP) is 1.86. The number of benzene rings is 1. The van der Waals surface area contributed by atoms with E-state index in [2.05, 4.69) is 10.6 Å². The molecule has 0 saturated carbocycles. The van der Waals surface area contributed by atoms with Gasteiger partial charge >= 0.3 is 0 Å². The zero-order chi connectivity index (χ0) is 16.7. The van der Waals surface area contributed by atoms with E-state index in [-0.39, 0.29) is 24.2 Å². The van der Waals surface area contributed by atoms with Crippen LogP contribution in [0.15, 0.2) is 24.3 Å². The lowest BCUT2D eigenvalue weighted by Crippen LogP contribution is -2.26. The zero-order valence-corrected chi connectivity index (χ0v) is 15.3. The van der Waals surface area contributed by atoms with Crippen LogP contribution in [-0.4, -0.2) is 50.4 Å². The SMILES string of the molecule is CN(C)C(=O)c1cccc(CCNC(=O)CCC2CCNC2)c1.Cl. The Morgan fingerprint density at radius 3 is 2.79 bits per heavy atom. The average molecular weight is 354 g/mol. The van der Waals surface area contributed by atoms with Crippen molar-refractivity contribution < 1.29 is 9.59 Å². The Balaban J connectivity index is 0.00000288. The van der Waals surface area contributed by atoms with Gasteiger partial charge in [0.1, 0.15) is 0 Å². The van der Waals surface area contributed by atoms with Gasteiger partial charge in [-0.1, -0.05) is 12.1 Å². The van der Waals surface area contributed by atoms with E-state index in [1.165, 1.54) is 6.42 Å². The average Bonchev–Trinajstić information content (AvgIpc) is 3.06. The molecule has 0 bridgehead atoms. The summed E-state index contributed by atoms with van der Waals surface area (Å²) in [5.41, 5.74) is 1.76. The maximum atomic E-state index is 11.9. The third-order valence-electron chi connectivity index (χ3n) is 4.26. The number of carbonyl (C=O) groups excluding carboxylic acids is 2. The molecule has 1 saturated heterocycles. The summed E-state index contributed by atoms with van der Waals surface area (Å²) in [6.45, 7) is 2.73. The summed E-state index contributed by atoms with van der Waals surface area (Å²) >= 11 is 0. The number of halogens is 1. The van der Waals surface area contributed by atoms with Crippen LogP contribution in [0, 0.1) is 5.92 Å². The summed E-state index contributed by atoms with van der Waals surface area (Å²) in [5.74, 6) is 0.771. The quantitative estimate of drug-likeness (QED) is 0.786. The standard InChI is InChI=1S/C18H27N3O2.ClH/c1-21(2)18(23)16-5-3-4-14(12-16)9-11-20-17(22)7-6-15-8-10-19-13-15;/h3-5,12,15,19H,6-11,13H2,1-2H3,(H,20,22);1H. The van der Waals surface area contributed by atoms with Gasteiger partial charge in [0.05, 0.1) is 0 Å². The van der Waals surface area contributed by atoms with Gasteiger partial charge in [-0.2, -0.15) is 0 Å². The Morgan fingerprint density at radius 2 is 2.12 bits per heavy atom. The minimum Gasteiger partial charge on any atom is -0.356 e. The Hall–Kier alpha value is -1.59. The molecule has 1 unspecified atom stereocenters. The van der Waals surface area contributed by atoms with Crippen molar-refractivity contribution in [3.8, 4) is 0 Å². The fourth-order valence-electron chi connectivity index (χ4n) is 2.85. The number of nitrogens with one attached hydrogen (secondary N) is 2. The molecule has 134 valence electrons. The largest absolute Gasteiger partial charge is 0.356 e. The highest BCUT2D eigenvalue weighted by atomic mass is 35.5. The van der Waals surface area contributed by atoms with E-state index < -0.39 is 0 Å². The van der Waals surface area contributed by atoms with E-state index in [0.29, 0.717) is 24.4 Å². The lowest BCUT2D eigenvalue weighted by Gasteiger charge is -2.11. The van der Waals surface area contributed by atoms with Crippen molar-refractivity contribution >= 4 is 24.2 Å². The normalized spacial score (nSPS) is 16.3. The van der Waals surface area contributed by atoms with Crippen molar-refractivity contribution in [1.29, 1.82) is 0 Å². The highest BCUT2D eigenvalue weighted by Crippen LogP contribution is 2.14. The molecule has 0 spiro atoms. The molecule has 0 aromatic heterocycles. The first-order valence-electron chi connectivity index (χ1n) is 8.34. The zero-order valence-electron chi connectivity index (χ0n) is 14.5. The predicted molar refractivity (Wildman–Crippen MR) is 98.6 cm³/mol. The first-order valence-corrected chi connectivity index (χ1v) is 8.34. The topological polar surface area (TPSA) is 61.4 Å². The molecule has 1 aromatic rings.